The van der Waals surface area contributed by atoms with Crippen molar-refractivity contribution in [3.8, 4) is 5.75 Å². The molecule has 0 fully saturated rings. The quantitative estimate of drug-likeness (QED) is 0.422. The molecule has 2 aromatic rings. The number of rotatable bonds is 11. The summed E-state index contributed by atoms with van der Waals surface area (Å²) in [5, 5.41) is 0. The van der Waals surface area contributed by atoms with Crippen LogP contribution < -0.4 is 9.64 Å². The lowest BCUT2D eigenvalue weighted by Gasteiger charge is -2.17. The van der Waals surface area contributed by atoms with E-state index in [1.165, 1.54) is 50.5 Å². The van der Waals surface area contributed by atoms with E-state index in [0.29, 0.717) is 0 Å². The Bertz CT molecular complexity index is 738. The van der Waals surface area contributed by atoms with Crippen molar-refractivity contribution in [2.45, 2.75) is 64.7 Å². The van der Waals surface area contributed by atoms with Crippen molar-refractivity contribution in [2.75, 3.05) is 18.1 Å². The number of unbranched alkanes of at least 4 members (excludes halogenated alkanes) is 7. The minimum Gasteiger partial charge on any atom is -0.494 e. The van der Waals surface area contributed by atoms with Crippen LogP contribution in [0.3, 0.4) is 0 Å². The number of benzene rings is 2. The van der Waals surface area contributed by atoms with Crippen molar-refractivity contribution in [1.29, 1.82) is 0 Å². The second kappa shape index (κ2) is 10.9. The molecule has 0 aliphatic carbocycles. The molecule has 0 spiro atoms. The van der Waals surface area contributed by atoms with E-state index in [9.17, 15) is 4.79 Å². The number of fused-ring (bicyclic) bond motifs is 1. The first-order valence-corrected chi connectivity index (χ1v) is 10.9. The van der Waals surface area contributed by atoms with Gasteiger partial charge >= 0.3 is 0 Å². The van der Waals surface area contributed by atoms with Gasteiger partial charge in [0, 0.05) is 17.8 Å². The van der Waals surface area contributed by atoms with E-state index in [1.807, 2.05) is 47.4 Å². The van der Waals surface area contributed by atoms with Gasteiger partial charge in [-0.2, -0.15) is 0 Å². The molecule has 0 saturated carbocycles. The number of para-hydroxylation sites is 1. The molecular weight excluding hydrogens is 346 g/mol. The number of hydrogen-bond acceptors (Lipinski definition) is 2. The van der Waals surface area contributed by atoms with Gasteiger partial charge in [-0.3, -0.25) is 4.79 Å². The second-order valence-electron chi connectivity index (χ2n) is 7.68. The molecule has 0 aromatic heterocycles. The number of nitrogens with zero attached hydrogens (tertiary/aromatic N) is 1. The number of amides is 1. The molecular formula is C25H33NO2. The first kappa shape index (κ1) is 20.4. The number of anilines is 1. The zero-order chi connectivity index (χ0) is 19.6. The minimum absolute atomic E-state index is 0.0690. The van der Waals surface area contributed by atoms with Gasteiger partial charge in [0.2, 0.25) is 0 Å². The molecule has 3 heteroatoms. The van der Waals surface area contributed by atoms with Crippen molar-refractivity contribution in [2.24, 2.45) is 0 Å². The predicted octanol–water partition coefficient (Wildman–Crippen LogP) is 6.41. The summed E-state index contributed by atoms with van der Waals surface area (Å²) in [5.74, 6) is 0.917. The van der Waals surface area contributed by atoms with Crippen LogP contribution in [-0.4, -0.2) is 19.1 Å². The van der Waals surface area contributed by atoms with E-state index < -0.39 is 0 Å². The molecule has 1 aliphatic rings. The molecule has 0 N–H and O–H groups in total. The van der Waals surface area contributed by atoms with Crippen LogP contribution in [0.2, 0.25) is 0 Å². The van der Waals surface area contributed by atoms with Crippen molar-refractivity contribution in [3.63, 3.8) is 0 Å². The van der Waals surface area contributed by atoms with Gasteiger partial charge in [0.05, 0.1) is 6.61 Å². The Morgan fingerprint density at radius 1 is 0.893 bits per heavy atom. The summed E-state index contributed by atoms with van der Waals surface area (Å²) in [6.45, 7) is 3.77. The van der Waals surface area contributed by atoms with Crippen LogP contribution in [0.5, 0.6) is 5.75 Å². The van der Waals surface area contributed by atoms with Gasteiger partial charge in [-0.05, 0) is 48.7 Å². The van der Waals surface area contributed by atoms with E-state index >= 15 is 0 Å². The van der Waals surface area contributed by atoms with E-state index in [2.05, 4.69) is 13.0 Å². The summed E-state index contributed by atoms with van der Waals surface area (Å²) < 4.78 is 5.84. The number of hydrogen-bond donors (Lipinski definition) is 0. The zero-order valence-corrected chi connectivity index (χ0v) is 17.2. The highest BCUT2D eigenvalue weighted by atomic mass is 16.5. The van der Waals surface area contributed by atoms with Gasteiger partial charge in [-0.1, -0.05) is 70.1 Å². The van der Waals surface area contributed by atoms with Crippen molar-refractivity contribution in [1.82, 2.24) is 0 Å². The summed E-state index contributed by atoms with van der Waals surface area (Å²) >= 11 is 0. The monoisotopic (exact) mass is 379 g/mol. The fraction of sp³-hybridized carbons (Fsp3) is 0.480. The molecule has 150 valence electrons. The van der Waals surface area contributed by atoms with Gasteiger partial charge < -0.3 is 9.64 Å². The average molecular weight is 380 g/mol. The van der Waals surface area contributed by atoms with Crippen molar-refractivity contribution < 1.29 is 9.53 Å². The lowest BCUT2D eigenvalue weighted by Crippen LogP contribution is -2.28. The van der Waals surface area contributed by atoms with Crippen molar-refractivity contribution in [3.05, 3.63) is 59.7 Å². The molecule has 0 radical (unpaired) electrons. The third kappa shape index (κ3) is 5.60. The van der Waals surface area contributed by atoms with E-state index in [0.717, 1.165) is 43.0 Å². The number of carbonyl (C=O) groups excluding carboxylic acids is 1. The predicted molar refractivity (Wildman–Crippen MR) is 116 cm³/mol. The first-order chi connectivity index (χ1) is 13.8. The topological polar surface area (TPSA) is 29.5 Å². The van der Waals surface area contributed by atoms with E-state index in [4.69, 9.17) is 4.74 Å². The van der Waals surface area contributed by atoms with Gasteiger partial charge in [-0.25, -0.2) is 0 Å². The number of carbonyl (C=O) groups is 1. The fourth-order valence-electron chi connectivity index (χ4n) is 3.82. The zero-order valence-electron chi connectivity index (χ0n) is 17.2. The van der Waals surface area contributed by atoms with Crippen LogP contribution in [0.4, 0.5) is 5.69 Å². The fourth-order valence-corrected chi connectivity index (χ4v) is 3.82. The third-order valence-corrected chi connectivity index (χ3v) is 5.50. The molecule has 3 nitrogen and oxygen atoms in total. The standard InChI is InChI=1S/C25H33NO2/c1-2-3-4-5-6-7-8-11-20-28-23-16-14-22(15-17-23)25(27)26-19-18-21-12-9-10-13-24(21)26/h9-10,12-17H,2-8,11,18-20H2,1H3. The molecule has 28 heavy (non-hydrogen) atoms. The maximum absolute atomic E-state index is 12.8. The summed E-state index contributed by atoms with van der Waals surface area (Å²) in [5.41, 5.74) is 3.01. The SMILES string of the molecule is CCCCCCCCCCOc1ccc(C(=O)N2CCc3ccccc32)cc1. The molecule has 1 amide bonds. The first-order valence-electron chi connectivity index (χ1n) is 10.9. The molecule has 1 aliphatic heterocycles. The summed E-state index contributed by atoms with van der Waals surface area (Å²) in [6, 6.07) is 15.8. The Labute approximate surface area is 169 Å². The van der Waals surface area contributed by atoms with Gasteiger partial charge in [0.1, 0.15) is 5.75 Å². The summed E-state index contributed by atoms with van der Waals surface area (Å²) in [4.78, 5) is 14.7. The maximum atomic E-state index is 12.8. The van der Waals surface area contributed by atoms with Crippen LogP contribution in [0.25, 0.3) is 0 Å². The van der Waals surface area contributed by atoms with Crippen LogP contribution in [-0.2, 0) is 6.42 Å². The Morgan fingerprint density at radius 2 is 1.57 bits per heavy atom. The highest BCUT2D eigenvalue weighted by Gasteiger charge is 2.24. The van der Waals surface area contributed by atoms with Crippen LogP contribution in [0, 0.1) is 0 Å². The smallest absolute Gasteiger partial charge is 0.258 e. The lowest BCUT2D eigenvalue weighted by molar-refractivity contribution is 0.0989. The van der Waals surface area contributed by atoms with Gasteiger partial charge in [-0.15, -0.1) is 0 Å². The average Bonchev–Trinajstić information content (AvgIpc) is 3.17. The van der Waals surface area contributed by atoms with Crippen LogP contribution in [0.15, 0.2) is 48.5 Å². The van der Waals surface area contributed by atoms with Crippen LogP contribution >= 0.6 is 0 Å². The van der Waals surface area contributed by atoms with E-state index in [-0.39, 0.29) is 5.91 Å². The van der Waals surface area contributed by atoms with Crippen LogP contribution in [0.1, 0.15) is 74.2 Å². The highest BCUT2D eigenvalue weighted by molar-refractivity contribution is 6.07. The normalized spacial score (nSPS) is 12.8. The molecule has 3 rings (SSSR count). The number of ether oxygens (including phenoxy) is 1. The largest absolute Gasteiger partial charge is 0.494 e. The second-order valence-corrected chi connectivity index (χ2v) is 7.68. The Balaban J connectivity index is 1.39. The summed E-state index contributed by atoms with van der Waals surface area (Å²) in [6.07, 6.45) is 11.3. The maximum Gasteiger partial charge on any atom is 0.258 e. The lowest BCUT2D eigenvalue weighted by atomic mass is 10.1. The Hall–Kier alpha value is -2.29. The summed E-state index contributed by atoms with van der Waals surface area (Å²) in [7, 11) is 0. The minimum atomic E-state index is 0.0690. The van der Waals surface area contributed by atoms with Crippen molar-refractivity contribution >= 4 is 11.6 Å². The third-order valence-electron chi connectivity index (χ3n) is 5.50. The van der Waals surface area contributed by atoms with E-state index in [1.54, 1.807) is 0 Å². The molecule has 0 bridgehead atoms. The van der Waals surface area contributed by atoms with Gasteiger partial charge in [0.25, 0.3) is 5.91 Å². The molecule has 0 unspecified atom stereocenters. The molecule has 1 heterocycles. The Kier molecular flexibility index (Phi) is 7.95. The molecule has 0 atom stereocenters. The van der Waals surface area contributed by atoms with Gasteiger partial charge in [0.15, 0.2) is 0 Å². The molecule has 0 saturated heterocycles. The highest BCUT2D eigenvalue weighted by Crippen LogP contribution is 2.29. The Morgan fingerprint density at radius 3 is 2.32 bits per heavy atom. The molecule has 2 aromatic carbocycles.